The van der Waals surface area contributed by atoms with Crippen LogP contribution in [0, 0.1) is 40.9 Å². The summed E-state index contributed by atoms with van der Waals surface area (Å²) in [6.45, 7) is 4.69. The first-order valence-corrected chi connectivity index (χ1v) is 11.3. The average molecular weight is 359 g/mol. The predicted molar refractivity (Wildman–Crippen MR) is 102 cm³/mol. The first kappa shape index (κ1) is 17.5. The lowest BCUT2D eigenvalue weighted by molar-refractivity contribution is -0.131. The normalized spacial score (nSPS) is 47.1. The smallest absolute Gasteiger partial charge is 0.139 e. The Morgan fingerprint density at radius 1 is 1.20 bits per heavy atom. The Kier molecular flexibility index (Phi) is 4.27. The molecule has 4 unspecified atom stereocenters. The van der Waals surface area contributed by atoms with E-state index in [4.69, 9.17) is 6.42 Å². The van der Waals surface area contributed by atoms with Gasteiger partial charge in [-0.05, 0) is 68.1 Å². The molecule has 0 aromatic carbocycles. The SMILES string of the molecule is C#CCS(=O)[C@H]1CC[C@@]2(C)C(=CCC3C2CC[C@]2(C)C(=O)CCC32)C1. The first-order chi connectivity index (χ1) is 11.9. The molecular weight excluding hydrogens is 328 g/mol. The second-order valence-electron chi connectivity index (χ2n) is 9.27. The number of fused-ring (bicyclic) bond motifs is 5. The van der Waals surface area contributed by atoms with E-state index in [1.165, 1.54) is 6.42 Å². The Morgan fingerprint density at radius 2 is 1.92 bits per heavy atom. The highest BCUT2D eigenvalue weighted by Gasteiger charge is 2.58. The van der Waals surface area contributed by atoms with Crippen molar-refractivity contribution in [3.05, 3.63) is 11.6 Å². The van der Waals surface area contributed by atoms with Crippen molar-refractivity contribution in [1.29, 1.82) is 0 Å². The van der Waals surface area contributed by atoms with E-state index < -0.39 is 10.8 Å². The van der Waals surface area contributed by atoms with Crippen LogP contribution in [0.3, 0.4) is 0 Å². The lowest BCUT2D eigenvalue weighted by atomic mass is 9.48. The van der Waals surface area contributed by atoms with Crippen molar-refractivity contribution in [3.8, 4) is 12.3 Å². The molecule has 25 heavy (non-hydrogen) atoms. The third-order valence-corrected chi connectivity index (χ3v) is 9.96. The summed E-state index contributed by atoms with van der Waals surface area (Å²) in [5.74, 6) is 5.45. The zero-order valence-corrected chi connectivity index (χ0v) is 16.4. The molecule has 4 aliphatic rings. The van der Waals surface area contributed by atoms with Crippen LogP contribution >= 0.6 is 0 Å². The molecule has 7 atom stereocenters. The van der Waals surface area contributed by atoms with Crippen molar-refractivity contribution in [3.63, 3.8) is 0 Å². The maximum Gasteiger partial charge on any atom is 0.139 e. The van der Waals surface area contributed by atoms with Gasteiger partial charge >= 0.3 is 0 Å². The van der Waals surface area contributed by atoms with Crippen LogP contribution in [-0.4, -0.2) is 21.0 Å². The zero-order chi connectivity index (χ0) is 17.8. The first-order valence-electron chi connectivity index (χ1n) is 9.93. The molecule has 2 nitrogen and oxygen atoms in total. The van der Waals surface area contributed by atoms with Crippen molar-refractivity contribution in [1.82, 2.24) is 0 Å². The number of carbonyl (C=O) groups is 1. The summed E-state index contributed by atoms with van der Waals surface area (Å²) in [4.78, 5) is 12.5. The van der Waals surface area contributed by atoms with Crippen molar-refractivity contribution >= 4 is 16.6 Å². The summed E-state index contributed by atoms with van der Waals surface area (Å²) in [6, 6.07) is 0. The summed E-state index contributed by atoms with van der Waals surface area (Å²) in [5, 5.41) is 0.244. The molecule has 0 aliphatic heterocycles. The third kappa shape index (κ3) is 2.51. The zero-order valence-electron chi connectivity index (χ0n) is 15.6. The summed E-state index contributed by atoms with van der Waals surface area (Å²) in [6.07, 6.45) is 16.3. The Balaban J connectivity index is 1.60. The average Bonchev–Trinajstić information content (AvgIpc) is 2.89. The van der Waals surface area contributed by atoms with Crippen LogP contribution in [0.15, 0.2) is 11.6 Å². The maximum atomic E-state index is 12.5. The van der Waals surface area contributed by atoms with Gasteiger partial charge in [0.15, 0.2) is 0 Å². The van der Waals surface area contributed by atoms with Gasteiger partial charge in [0.1, 0.15) is 5.78 Å². The van der Waals surface area contributed by atoms with Gasteiger partial charge in [0, 0.05) is 27.9 Å². The largest absolute Gasteiger partial charge is 0.299 e. The van der Waals surface area contributed by atoms with Crippen molar-refractivity contribution in [2.45, 2.75) is 70.5 Å². The summed E-state index contributed by atoms with van der Waals surface area (Å²) >= 11 is 0. The number of hydrogen-bond acceptors (Lipinski definition) is 2. The quantitative estimate of drug-likeness (QED) is 0.546. The summed E-state index contributed by atoms with van der Waals surface area (Å²) in [7, 11) is -0.887. The number of carbonyl (C=O) groups excluding carboxylic acids is 1. The minimum atomic E-state index is -0.887. The van der Waals surface area contributed by atoms with Crippen molar-refractivity contribution in [2.24, 2.45) is 28.6 Å². The van der Waals surface area contributed by atoms with Gasteiger partial charge in [-0.15, -0.1) is 6.42 Å². The van der Waals surface area contributed by atoms with Gasteiger partial charge in [-0.25, -0.2) is 0 Å². The Morgan fingerprint density at radius 3 is 2.68 bits per heavy atom. The van der Waals surface area contributed by atoms with E-state index in [0.717, 1.165) is 44.9 Å². The Hall–Kier alpha value is -0.880. The van der Waals surface area contributed by atoms with E-state index in [1.54, 1.807) is 5.57 Å². The van der Waals surface area contributed by atoms with Crippen LogP contribution in [0.5, 0.6) is 0 Å². The molecule has 0 saturated heterocycles. The highest BCUT2D eigenvalue weighted by Crippen LogP contribution is 2.64. The summed E-state index contributed by atoms with van der Waals surface area (Å²) in [5.41, 5.74) is 1.75. The van der Waals surface area contributed by atoms with Crippen LogP contribution < -0.4 is 0 Å². The predicted octanol–water partition coefficient (Wildman–Crippen LogP) is 4.27. The van der Waals surface area contributed by atoms with Gasteiger partial charge in [-0.3, -0.25) is 9.00 Å². The minimum Gasteiger partial charge on any atom is -0.299 e. The van der Waals surface area contributed by atoms with E-state index in [1.807, 2.05) is 0 Å². The second-order valence-corrected chi connectivity index (χ2v) is 11.0. The number of terminal acetylenes is 1. The fourth-order valence-corrected chi connectivity index (χ4v) is 7.97. The monoisotopic (exact) mass is 358 g/mol. The van der Waals surface area contributed by atoms with E-state index in [9.17, 15) is 9.00 Å². The molecule has 0 bridgehead atoms. The van der Waals surface area contributed by atoms with Gasteiger partial charge < -0.3 is 0 Å². The van der Waals surface area contributed by atoms with Crippen LogP contribution in [0.25, 0.3) is 0 Å². The fraction of sp³-hybridized carbons (Fsp3) is 0.773. The molecule has 0 amide bonds. The molecule has 3 heteroatoms. The number of ketones is 1. The fourth-order valence-electron chi connectivity index (χ4n) is 6.82. The lowest BCUT2D eigenvalue weighted by Gasteiger charge is -2.57. The van der Waals surface area contributed by atoms with E-state index in [-0.39, 0.29) is 16.1 Å². The Labute approximate surface area is 154 Å². The van der Waals surface area contributed by atoms with Crippen LogP contribution in [0.2, 0.25) is 0 Å². The number of hydrogen-bond donors (Lipinski definition) is 0. The molecule has 3 fully saturated rings. The number of rotatable bonds is 2. The molecule has 4 aliphatic carbocycles. The molecule has 136 valence electrons. The highest BCUT2D eigenvalue weighted by molar-refractivity contribution is 7.85. The molecule has 0 aromatic rings. The Bertz CT molecular complexity index is 687. The van der Waals surface area contributed by atoms with Gasteiger partial charge in [-0.1, -0.05) is 31.4 Å². The van der Waals surface area contributed by atoms with E-state index in [0.29, 0.717) is 29.3 Å². The molecule has 0 heterocycles. The molecule has 3 saturated carbocycles. The molecule has 4 rings (SSSR count). The number of Topliss-reactive ketones (excluding diaryl/α,β-unsaturated/α-hetero) is 1. The molecule has 0 radical (unpaired) electrons. The lowest BCUT2D eigenvalue weighted by Crippen LogP contribution is -2.50. The van der Waals surface area contributed by atoms with Gasteiger partial charge in [0.2, 0.25) is 0 Å². The van der Waals surface area contributed by atoms with Crippen molar-refractivity contribution < 1.29 is 9.00 Å². The molecule has 0 spiro atoms. The van der Waals surface area contributed by atoms with Crippen LogP contribution in [-0.2, 0) is 15.6 Å². The summed E-state index contributed by atoms with van der Waals surface area (Å²) < 4.78 is 12.4. The standard InChI is InChI=1S/C22H30O2S/c1-4-13-25(24)16-9-11-21(2)15(14-16)5-6-17-18-7-8-20(23)22(18,3)12-10-19(17)21/h1,5,16-19H,6-14H2,2-3H3/t16-,17?,18?,19?,21-,22-,25?/m0/s1. The van der Waals surface area contributed by atoms with Gasteiger partial charge in [-0.2, -0.15) is 0 Å². The topological polar surface area (TPSA) is 34.1 Å². The highest BCUT2D eigenvalue weighted by atomic mass is 32.2. The molecular formula is C22H30O2S. The molecule has 0 N–H and O–H groups in total. The van der Waals surface area contributed by atoms with E-state index in [2.05, 4.69) is 25.8 Å². The third-order valence-electron chi connectivity index (χ3n) is 8.37. The second kappa shape index (κ2) is 6.08. The number of allylic oxidation sites excluding steroid dienone is 2. The van der Waals surface area contributed by atoms with Crippen molar-refractivity contribution in [2.75, 3.05) is 5.75 Å². The van der Waals surface area contributed by atoms with Gasteiger partial charge in [0.05, 0.1) is 5.75 Å². The van der Waals surface area contributed by atoms with Gasteiger partial charge in [0.25, 0.3) is 0 Å². The maximum absolute atomic E-state index is 12.5. The van der Waals surface area contributed by atoms with E-state index >= 15 is 0 Å². The van der Waals surface area contributed by atoms with Crippen LogP contribution in [0.1, 0.15) is 65.2 Å². The minimum absolute atomic E-state index is 0.0473. The van der Waals surface area contributed by atoms with Crippen LogP contribution in [0.4, 0.5) is 0 Å². The molecule has 0 aromatic heterocycles.